The number of rotatable bonds is 5. The van der Waals surface area contributed by atoms with Gasteiger partial charge in [0.25, 0.3) is 11.2 Å². The molecule has 0 spiro atoms. The number of pyridine rings is 1. The number of aryl methyl sites for hydroxylation is 1. The average Bonchev–Trinajstić information content (AvgIpc) is 2.73. The molecule has 0 bridgehead atoms. The van der Waals surface area contributed by atoms with Crippen molar-refractivity contribution < 1.29 is 4.92 Å². The molecular weight excluding hydrogens is 388 g/mol. The molecule has 0 aliphatic rings. The molecule has 0 fully saturated rings. The van der Waals surface area contributed by atoms with Crippen molar-refractivity contribution in [1.82, 2.24) is 14.5 Å². The van der Waals surface area contributed by atoms with Crippen molar-refractivity contribution in [2.75, 3.05) is 0 Å². The molecule has 0 saturated heterocycles. The molecule has 0 aliphatic carbocycles. The fraction of sp³-hybridized carbons (Fsp3) is 0.0952. The third-order valence-corrected chi connectivity index (χ3v) is 5.37. The Kier molecular flexibility index (Phi) is 5.09. The van der Waals surface area contributed by atoms with E-state index in [1.54, 1.807) is 36.5 Å². The van der Waals surface area contributed by atoms with E-state index in [1.807, 2.05) is 25.1 Å². The Hall–Kier alpha value is -3.52. The standard InChI is InChI=1S/C21H16N4O3S/c1-14-9-10-19(22-12-14)24-20(26)17-7-2-3-8-18(17)23-21(24)29-13-15-5-4-6-16(11-15)25(27)28/h2-12H,13H2,1H3. The Bertz CT molecular complexity index is 1270. The van der Waals surface area contributed by atoms with Gasteiger partial charge in [-0.15, -0.1) is 0 Å². The van der Waals surface area contributed by atoms with E-state index in [2.05, 4.69) is 9.97 Å². The van der Waals surface area contributed by atoms with Gasteiger partial charge in [-0.3, -0.25) is 14.9 Å². The van der Waals surface area contributed by atoms with Gasteiger partial charge in [0.05, 0.1) is 15.8 Å². The predicted octanol–water partition coefficient (Wildman–Crippen LogP) is 4.29. The van der Waals surface area contributed by atoms with E-state index in [4.69, 9.17) is 0 Å². The van der Waals surface area contributed by atoms with Gasteiger partial charge < -0.3 is 0 Å². The number of para-hydroxylation sites is 1. The van der Waals surface area contributed by atoms with Crippen molar-refractivity contribution in [2.45, 2.75) is 17.8 Å². The minimum atomic E-state index is -0.422. The summed E-state index contributed by atoms with van der Waals surface area (Å²) in [4.78, 5) is 32.8. The van der Waals surface area contributed by atoms with Crippen molar-refractivity contribution in [2.24, 2.45) is 0 Å². The van der Waals surface area contributed by atoms with Crippen LogP contribution in [0.1, 0.15) is 11.1 Å². The molecule has 0 aliphatic heterocycles. The van der Waals surface area contributed by atoms with Crippen LogP contribution in [0.5, 0.6) is 0 Å². The van der Waals surface area contributed by atoms with Gasteiger partial charge in [0.2, 0.25) is 0 Å². The zero-order chi connectivity index (χ0) is 20.4. The molecule has 2 aromatic carbocycles. The number of non-ortho nitro benzene ring substituents is 1. The first-order valence-corrected chi connectivity index (χ1v) is 9.82. The molecule has 29 heavy (non-hydrogen) atoms. The van der Waals surface area contributed by atoms with E-state index in [9.17, 15) is 14.9 Å². The lowest BCUT2D eigenvalue weighted by molar-refractivity contribution is -0.384. The van der Waals surface area contributed by atoms with Gasteiger partial charge in [-0.2, -0.15) is 0 Å². The highest BCUT2D eigenvalue weighted by Crippen LogP contribution is 2.25. The summed E-state index contributed by atoms with van der Waals surface area (Å²) < 4.78 is 1.49. The highest BCUT2D eigenvalue weighted by atomic mass is 32.2. The summed E-state index contributed by atoms with van der Waals surface area (Å²) in [5.41, 5.74) is 2.19. The van der Waals surface area contributed by atoms with Crippen molar-refractivity contribution in [3.05, 3.63) is 98.5 Å². The number of fused-ring (bicyclic) bond motifs is 1. The molecule has 144 valence electrons. The summed E-state index contributed by atoms with van der Waals surface area (Å²) in [6.45, 7) is 1.93. The van der Waals surface area contributed by atoms with Crippen molar-refractivity contribution in [3.8, 4) is 5.82 Å². The largest absolute Gasteiger partial charge is 0.269 e. The van der Waals surface area contributed by atoms with Crippen LogP contribution in [0, 0.1) is 17.0 Å². The second-order valence-electron chi connectivity index (χ2n) is 6.46. The quantitative estimate of drug-likeness (QED) is 0.213. The molecule has 0 atom stereocenters. The van der Waals surface area contributed by atoms with Crippen LogP contribution in [-0.2, 0) is 5.75 Å². The number of hydrogen-bond donors (Lipinski definition) is 0. The zero-order valence-corrected chi connectivity index (χ0v) is 16.3. The Morgan fingerprint density at radius 2 is 1.93 bits per heavy atom. The Balaban J connectivity index is 1.79. The molecule has 0 amide bonds. The summed E-state index contributed by atoms with van der Waals surface area (Å²) in [5, 5.41) is 12.0. The Labute approximate surface area is 170 Å². The Morgan fingerprint density at radius 3 is 2.69 bits per heavy atom. The summed E-state index contributed by atoms with van der Waals surface area (Å²) in [6, 6.07) is 17.3. The van der Waals surface area contributed by atoms with E-state index < -0.39 is 4.92 Å². The summed E-state index contributed by atoms with van der Waals surface area (Å²) in [7, 11) is 0. The van der Waals surface area contributed by atoms with Crippen LogP contribution in [0.25, 0.3) is 16.7 Å². The number of nitro groups is 1. The molecular formula is C21H16N4O3S. The number of benzene rings is 2. The van der Waals surface area contributed by atoms with Gasteiger partial charge in [-0.25, -0.2) is 14.5 Å². The van der Waals surface area contributed by atoms with E-state index in [-0.39, 0.29) is 11.2 Å². The number of hydrogen-bond acceptors (Lipinski definition) is 6. The predicted molar refractivity (Wildman–Crippen MR) is 113 cm³/mol. The van der Waals surface area contributed by atoms with Crippen LogP contribution < -0.4 is 5.56 Å². The van der Waals surface area contributed by atoms with Gasteiger partial charge in [0.1, 0.15) is 5.82 Å². The molecule has 2 heterocycles. The van der Waals surface area contributed by atoms with Gasteiger partial charge in [-0.05, 0) is 36.2 Å². The molecule has 0 N–H and O–H groups in total. The minimum absolute atomic E-state index is 0.0344. The SMILES string of the molecule is Cc1ccc(-n2c(SCc3cccc([N+](=O)[O-])c3)nc3ccccc3c2=O)nc1. The van der Waals surface area contributed by atoms with Crippen LogP contribution in [0.4, 0.5) is 5.69 Å². The van der Waals surface area contributed by atoms with Crippen molar-refractivity contribution in [3.63, 3.8) is 0 Å². The lowest BCUT2D eigenvalue weighted by Gasteiger charge is -2.12. The van der Waals surface area contributed by atoms with E-state index in [1.165, 1.54) is 28.5 Å². The first-order chi connectivity index (χ1) is 14.0. The molecule has 4 rings (SSSR count). The number of nitro benzene ring substituents is 1. The van der Waals surface area contributed by atoms with Crippen LogP contribution >= 0.6 is 11.8 Å². The smallest absolute Gasteiger partial charge is 0.268 e. The highest BCUT2D eigenvalue weighted by Gasteiger charge is 2.15. The molecule has 4 aromatic rings. The van der Waals surface area contributed by atoms with Crippen LogP contribution in [0.15, 0.2) is 76.8 Å². The molecule has 0 saturated carbocycles. The normalized spacial score (nSPS) is 10.9. The second kappa shape index (κ2) is 7.84. The molecule has 0 radical (unpaired) electrons. The van der Waals surface area contributed by atoms with Crippen LogP contribution in [0.2, 0.25) is 0 Å². The van der Waals surface area contributed by atoms with Crippen molar-refractivity contribution >= 4 is 28.4 Å². The third kappa shape index (κ3) is 3.88. The van der Waals surface area contributed by atoms with Crippen LogP contribution in [0.3, 0.4) is 0 Å². The van der Waals surface area contributed by atoms with Gasteiger partial charge >= 0.3 is 0 Å². The summed E-state index contributed by atoms with van der Waals surface area (Å²) in [6.07, 6.45) is 1.70. The monoisotopic (exact) mass is 404 g/mol. The average molecular weight is 404 g/mol. The van der Waals surface area contributed by atoms with Gasteiger partial charge in [0, 0.05) is 24.1 Å². The molecule has 2 aromatic heterocycles. The van der Waals surface area contributed by atoms with E-state index in [0.29, 0.717) is 27.6 Å². The lowest BCUT2D eigenvalue weighted by atomic mass is 10.2. The second-order valence-corrected chi connectivity index (χ2v) is 7.40. The number of thioether (sulfide) groups is 1. The third-order valence-electron chi connectivity index (χ3n) is 4.36. The van der Waals surface area contributed by atoms with Crippen LogP contribution in [-0.4, -0.2) is 19.5 Å². The fourth-order valence-corrected chi connectivity index (χ4v) is 3.85. The molecule has 7 nitrogen and oxygen atoms in total. The Morgan fingerprint density at radius 1 is 1.10 bits per heavy atom. The fourth-order valence-electron chi connectivity index (χ4n) is 2.91. The highest BCUT2D eigenvalue weighted by molar-refractivity contribution is 7.98. The first kappa shape index (κ1) is 18.8. The summed E-state index contributed by atoms with van der Waals surface area (Å²) >= 11 is 1.34. The van der Waals surface area contributed by atoms with E-state index >= 15 is 0 Å². The topological polar surface area (TPSA) is 90.9 Å². The first-order valence-electron chi connectivity index (χ1n) is 8.84. The summed E-state index contributed by atoms with van der Waals surface area (Å²) in [5.74, 6) is 0.915. The minimum Gasteiger partial charge on any atom is -0.268 e. The van der Waals surface area contributed by atoms with Crippen molar-refractivity contribution in [1.29, 1.82) is 0 Å². The van der Waals surface area contributed by atoms with Gasteiger partial charge in [0.15, 0.2) is 5.16 Å². The maximum Gasteiger partial charge on any atom is 0.269 e. The van der Waals surface area contributed by atoms with Gasteiger partial charge in [-0.1, -0.05) is 42.1 Å². The number of nitrogens with zero attached hydrogens (tertiary/aromatic N) is 4. The number of aromatic nitrogens is 3. The zero-order valence-electron chi connectivity index (χ0n) is 15.5. The lowest BCUT2D eigenvalue weighted by Crippen LogP contribution is -2.22. The molecule has 0 unspecified atom stereocenters. The maximum absolute atomic E-state index is 13.2. The molecule has 8 heteroatoms. The van der Waals surface area contributed by atoms with E-state index in [0.717, 1.165) is 11.1 Å². The maximum atomic E-state index is 13.2.